The van der Waals surface area contributed by atoms with E-state index in [0.29, 0.717) is 13.0 Å². The van der Waals surface area contributed by atoms with Crippen LogP contribution in [0.2, 0.25) is 0 Å². The number of aliphatic hydroxyl groups excluding tert-OH is 1. The molecule has 2 aromatic carbocycles. The summed E-state index contributed by atoms with van der Waals surface area (Å²) in [4.78, 5) is 16.4. The standard InChI is InChI=1S/C20H25N3O2/c1-22(13-6-7-15-24)20(25)21-17-9-3-5-11-19(17)23-14-12-16-8-2-4-10-18(16)23/h2-5,8-11,24H,6-7,12-15H2,1H3,(H,21,25). The van der Waals surface area contributed by atoms with Gasteiger partial charge in [0.1, 0.15) is 0 Å². The number of urea groups is 1. The summed E-state index contributed by atoms with van der Waals surface area (Å²) in [6.45, 7) is 1.70. The third-order valence-corrected chi connectivity index (χ3v) is 4.57. The maximum Gasteiger partial charge on any atom is 0.321 e. The number of amides is 2. The zero-order valence-electron chi connectivity index (χ0n) is 14.6. The summed E-state index contributed by atoms with van der Waals surface area (Å²) in [6, 6.07) is 16.2. The SMILES string of the molecule is CN(CCCCO)C(=O)Nc1ccccc1N1CCc2ccccc21. The number of carbonyl (C=O) groups excluding carboxylic acids is 1. The first-order chi connectivity index (χ1) is 12.2. The van der Waals surface area contributed by atoms with Crippen molar-refractivity contribution in [3.05, 3.63) is 54.1 Å². The lowest BCUT2D eigenvalue weighted by Crippen LogP contribution is -2.32. The van der Waals surface area contributed by atoms with Gasteiger partial charge < -0.3 is 20.2 Å². The number of benzene rings is 2. The van der Waals surface area contributed by atoms with Gasteiger partial charge in [-0.15, -0.1) is 0 Å². The Bertz CT molecular complexity index is 732. The van der Waals surface area contributed by atoms with Crippen molar-refractivity contribution in [2.75, 3.05) is 37.0 Å². The highest BCUT2D eigenvalue weighted by molar-refractivity contribution is 5.94. The van der Waals surface area contributed by atoms with E-state index in [-0.39, 0.29) is 12.6 Å². The first-order valence-corrected chi connectivity index (χ1v) is 8.78. The van der Waals surface area contributed by atoms with E-state index in [1.807, 2.05) is 30.3 Å². The van der Waals surface area contributed by atoms with Gasteiger partial charge in [-0.1, -0.05) is 30.3 Å². The average molecular weight is 339 g/mol. The number of fused-ring (bicyclic) bond motifs is 1. The maximum atomic E-state index is 12.5. The minimum atomic E-state index is -0.127. The normalized spacial score (nSPS) is 12.8. The molecule has 25 heavy (non-hydrogen) atoms. The first kappa shape index (κ1) is 17.3. The van der Waals surface area contributed by atoms with Gasteiger partial charge in [0.15, 0.2) is 0 Å². The molecule has 132 valence electrons. The fourth-order valence-corrected chi connectivity index (χ4v) is 3.18. The van der Waals surface area contributed by atoms with E-state index in [1.165, 1.54) is 11.3 Å². The monoisotopic (exact) mass is 339 g/mol. The van der Waals surface area contributed by atoms with Gasteiger partial charge in [-0.3, -0.25) is 0 Å². The van der Waals surface area contributed by atoms with Crippen LogP contribution in [0.4, 0.5) is 21.9 Å². The summed E-state index contributed by atoms with van der Waals surface area (Å²) >= 11 is 0. The molecule has 0 spiro atoms. The van der Waals surface area contributed by atoms with Crippen molar-refractivity contribution in [2.45, 2.75) is 19.3 Å². The number of aliphatic hydroxyl groups is 1. The van der Waals surface area contributed by atoms with Gasteiger partial charge in [0.05, 0.1) is 11.4 Å². The molecule has 0 saturated heterocycles. The Labute approximate surface area is 148 Å². The molecule has 5 heteroatoms. The quantitative estimate of drug-likeness (QED) is 0.791. The molecule has 5 nitrogen and oxygen atoms in total. The maximum absolute atomic E-state index is 12.5. The van der Waals surface area contributed by atoms with E-state index >= 15 is 0 Å². The molecule has 0 bridgehead atoms. The fraction of sp³-hybridized carbons (Fsp3) is 0.350. The number of nitrogens with zero attached hydrogens (tertiary/aromatic N) is 2. The number of nitrogens with one attached hydrogen (secondary N) is 1. The second-order valence-electron chi connectivity index (χ2n) is 6.33. The Morgan fingerprint density at radius 2 is 1.84 bits per heavy atom. The molecule has 0 fully saturated rings. The van der Waals surface area contributed by atoms with Crippen molar-refractivity contribution in [3.63, 3.8) is 0 Å². The van der Waals surface area contributed by atoms with Gasteiger partial charge in [-0.2, -0.15) is 0 Å². The van der Waals surface area contributed by atoms with Crippen LogP contribution >= 0.6 is 0 Å². The number of unbranched alkanes of at least 4 members (excludes halogenated alkanes) is 1. The van der Waals surface area contributed by atoms with E-state index in [2.05, 4.69) is 28.4 Å². The average Bonchev–Trinajstić information content (AvgIpc) is 3.06. The van der Waals surface area contributed by atoms with E-state index in [1.54, 1.807) is 11.9 Å². The van der Waals surface area contributed by atoms with Crippen molar-refractivity contribution in [1.82, 2.24) is 4.90 Å². The largest absolute Gasteiger partial charge is 0.396 e. The minimum absolute atomic E-state index is 0.127. The molecule has 1 aliphatic heterocycles. The number of para-hydroxylation sites is 3. The summed E-state index contributed by atoms with van der Waals surface area (Å²) < 4.78 is 0. The van der Waals surface area contributed by atoms with E-state index in [9.17, 15) is 4.79 Å². The molecule has 0 radical (unpaired) electrons. The summed E-state index contributed by atoms with van der Waals surface area (Å²) in [7, 11) is 1.78. The molecule has 1 heterocycles. The van der Waals surface area contributed by atoms with Crippen molar-refractivity contribution >= 4 is 23.1 Å². The highest BCUT2D eigenvalue weighted by atomic mass is 16.3. The Hall–Kier alpha value is -2.53. The highest BCUT2D eigenvalue weighted by Gasteiger charge is 2.22. The van der Waals surface area contributed by atoms with E-state index < -0.39 is 0 Å². The molecule has 0 saturated carbocycles. The van der Waals surface area contributed by atoms with Crippen LogP contribution in [0.25, 0.3) is 0 Å². The lowest BCUT2D eigenvalue weighted by molar-refractivity contribution is 0.218. The summed E-state index contributed by atoms with van der Waals surface area (Å²) in [5.74, 6) is 0. The molecule has 0 unspecified atom stereocenters. The molecular formula is C20H25N3O2. The zero-order chi connectivity index (χ0) is 17.6. The molecule has 0 aromatic heterocycles. The van der Waals surface area contributed by atoms with Crippen LogP contribution in [0, 0.1) is 0 Å². The van der Waals surface area contributed by atoms with Crippen LogP contribution in [0.5, 0.6) is 0 Å². The van der Waals surface area contributed by atoms with Crippen LogP contribution in [-0.2, 0) is 6.42 Å². The molecule has 1 aliphatic rings. The van der Waals surface area contributed by atoms with Crippen molar-refractivity contribution in [1.29, 1.82) is 0 Å². The number of hydrogen-bond acceptors (Lipinski definition) is 3. The first-order valence-electron chi connectivity index (χ1n) is 8.78. The Kier molecular flexibility index (Phi) is 5.56. The van der Waals surface area contributed by atoms with Gasteiger partial charge in [0.25, 0.3) is 0 Å². The van der Waals surface area contributed by atoms with Gasteiger partial charge in [-0.05, 0) is 43.0 Å². The van der Waals surface area contributed by atoms with Crippen LogP contribution in [0.3, 0.4) is 0 Å². The number of hydrogen-bond donors (Lipinski definition) is 2. The van der Waals surface area contributed by atoms with Crippen LogP contribution in [0.1, 0.15) is 18.4 Å². The predicted molar refractivity (Wildman–Crippen MR) is 102 cm³/mol. The second kappa shape index (κ2) is 8.03. The predicted octanol–water partition coefficient (Wildman–Crippen LogP) is 3.62. The summed E-state index contributed by atoms with van der Waals surface area (Å²) in [6.07, 6.45) is 2.51. The van der Waals surface area contributed by atoms with Crippen LogP contribution in [-0.4, -0.2) is 42.8 Å². The molecule has 0 aliphatic carbocycles. The van der Waals surface area contributed by atoms with E-state index in [0.717, 1.165) is 30.8 Å². The van der Waals surface area contributed by atoms with Gasteiger partial charge >= 0.3 is 6.03 Å². The smallest absolute Gasteiger partial charge is 0.321 e. The van der Waals surface area contributed by atoms with Crippen molar-refractivity contribution in [2.24, 2.45) is 0 Å². The topological polar surface area (TPSA) is 55.8 Å². The van der Waals surface area contributed by atoms with Crippen molar-refractivity contribution < 1.29 is 9.90 Å². The van der Waals surface area contributed by atoms with E-state index in [4.69, 9.17) is 5.11 Å². The lowest BCUT2D eigenvalue weighted by Gasteiger charge is -2.24. The van der Waals surface area contributed by atoms with Gasteiger partial charge in [-0.25, -0.2) is 4.79 Å². The minimum Gasteiger partial charge on any atom is -0.396 e. The van der Waals surface area contributed by atoms with Crippen LogP contribution in [0.15, 0.2) is 48.5 Å². The van der Waals surface area contributed by atoms with Crippen LogP contribution < -0.4 is 10.2 Å². The fourth-order valence-electron chi connectivity index (χ4n) is 3.18. The molecular weight excluding hydrogens is 314 g/mol. The lowest BCUT2D eigenvalue weighted by atomic mass is 10.2. The highest BCUT2D eigenvalue weighted by Crippen LogP contribution is 2.38. The summed E-state index contributed by atoms with van der Waals surface area (Å²) in [5.41, 5.74) is 4.38. The van der Waals surface area contributed by atoms with Gasteiger partial charge in [0.2, 0.25) is 0 Å². The third-order valence-electron chi connectivity index (χ3n) is 4.57. The Morgan fingerprint density at radius 3 is 2.64 bits per heavy atom. The molecule has 2 aromatic rings. The zero-order valence-corrected chi connectivity index (χ0v) is 14.6. The van der Waals surface area contributed by atoms with Crippen molar-refractivity contribution in [3.8, 4) is 0 Å². The molecule has 2 amide bonds. The molecule has 2 N–H and O–H groups in total. The summed E-state index contributed by atoms with van der Waals surface area (Å²) in [5, 5.41) is 11.9. The van der Waals surface area contributed by atoms with Gasteiger partial charge in [0, 0.05) is 32.4 Å². The molecule has 3 rings (SSSR count). The number of anilines is 3. The Morgan fingerprint density at radius 1 is 1.12 bits per heavy atom. The third kappa shape index (κ3) is 3.94. The number of rotatable bonds is 6. The second-order valence-corrected chi connectivity index (χ2v) is 6.33. The number of carbonyl (C=O) groups is 1. The molecule has 0 atom stereocenters. The Balaban J connectivity index is 1.75.